The number of rotatable bonds is 14. The summed E-state index contributed by atoms with van der Waals surface area (Å²) >= 11 is 0. The molecule has 0 spiro atoms. The van der Waals surface area contributed by atoms with Crippen LogP contribution in [-0.4, -0.2) is 48.0 Å². The monoisotopic (exact) mass is 355 g/mol. The predicted octanol–water partition coefficient (Wildman–Crippen LogP) is 4.71. The van der Waals surface area contributed by atoms with Crippen molar-refractivity contribution in [2.24, 2.45) is 23.7 Å². The summed E-state index contributed by atoms with van der Waals surface area (Å²) in [5.41, 5.74) is 0. The Kier molecular flexibility index (Phi) is 12.8. The lowest BCUT2D eigenvalue weighted by Crippen LogP contribution is -2.35. The molecule has 1 unspecified atom stereocenters. The molecule has 0 aromatic carbocycles. The van der Waals surface area contributed by atoms with Crippen molar-refractivity contribution in [2.75, 3.05) is 32.8 Å². The van der Waals surface area contributed by atoms with Crippen LogP contribution in [0.25, 0.3) is 0 Å². The van der Waals surface area contributed by atoms with Crippen LogP contribution in [0.1, 0.15) is 85.0 Å². The van der Waals surface area contributed by atoms with E-state index in [1.165, 1.54) is 64.2 Å². The van der Waals surface area contributed by atoms with E-state index in [0.717, 1.165) is 30.2 Å². The summed E-state index contributed by atoms with van der Waals surface area (Å²) in [6.07, 6.45) is 13.9. The molecule has 25 heavy (non-hydrogen) atoms. The first-order valence-corrected chi connectivity index (χ1v) is 11.0. The molecule has 3 heteroatoms. The third kappa shape index (κ3) is 11.2. The Morgan fingerprint density at radius 3 is 1.92 bits per heavy atom. The lowest BCUT2D eigenvalue weighted by atomic mass is 9.79. The van der Waals surface area contributed by atoms with E-state index in [-0.39, 0.29) is 13.2 Å². The fourth-order valence-electron chi connectivity index (χ4n) is 4.42. The minimum atomic E-state index is 0.199. The summed E-state index contributed by atoms with van der Waals surface area (Å²) in [7, 11) is 0. The van der Waals surface area contributed by atoms with Crippen LogP contribution in [-0.2, 0) is 0 Å². The third-order valence-electron chi connectivity index (χ3n) is 6.10. The van der Waals surface area contributed by atoms with E-state index in [1.807, 2.05) is 0 Å². The van der Waals surface area contributed by atoms with Gasteiger partial charge < -0.3 is 10.2 Å². The summed E-state index contributed by atoms with van der Waals surface area (Å²) in [6.45, 7) is 9.95. The molecule has 150 valence electrons. The van der Waals surface area contributed by atoms with E-state index in [1.54, 1.807) is 0 Å². The molecule has 0 amide bonds. The standard InChI is InChI=1S/C22H45NO2/c1-19(2)6-4-7-20(3)8-5-9-21-10-12-22(13-11-21)18-23(14-16-24)15-17-25/h19-22,24-25H,4-18H2,1-3H3. The number of aliphatic hydroxyl groups excluding tert-OH is 2. The molecule has 2 N–H and O–H groups in total. The van der Waals surface area contributed by atoms with E-state index in [4.69, 9.17) is 10.2 Å². The SMILES string of the molecule is CC(C)CCCC(C)CCCC1CCC(CN(CCO)CCO)CC1. The molecule has 0 radical (unpaired) electrons. The van der Waals surface area contributed by atoms with Crippen molar-refractivity contribution >= 4 is 0 Å². The Bertz CT molecular complexity index is 294. The van der Waals surface area contributed by atoms with Gasteiger partial charge in [0.25, 0.3) is 0 Å². The summed E-state index contributed by atoms with van der Waals surface area (Å²) < 4.78 is 0. The Balaban J connectivity index is 2.09. The molecule has 0 bridgehead atoms. The molecule has 1 saturated carbocycles. The van der Waals surface area contributed by atoms with Crippen LogP contribution in [0.4, 0.5) is 0 Å². The lowest BCUT2D eigenvalue weighted by Gasteiger charge is -2.32. The maximum absolute atomic E-state index is 9.13. The van der Waals surface area contributed by atoms with E-state index < -0.39 is 0 Å². The average Bonchev–Trinajstić information content (AvgIpc) is 2.56. The number of nitrogens with zero attached hydrogens (tertiary/aromatic N) is 1. The normalized spacial score (nSPS) is 22.7. The molecule has 0 aliphatic heterocycles. The van der Waals surface area contributed by atoms with Crippen LogP contribution in [0.15, 0.2) is 0 Å². The van der Waals surface area contributed by atoms with Gasteiger partial charge in [0.05, 0.1) is 13.2 Å². The van der Waals surface area contributed by atoms with Crippen LogP contribution in [0.3, 0.4) is 0 Å². The molecule has 0 aromatic heterocycles. The van der Waals surface area contributed by atoms with Crippen molar-refractivity contribution in [1.82, 2.24) is 4.90 Å². The van der Waals surface area contributed by atoms with Crippen LogP contribution in [0.5, 0.6) is 0 Å². The van der Waals surface area contributed by atoms with Crippen molar-refractivity contribution in [3.05, 3.63) is 0 Å². The molecule has 0 aromatic rings. The van der Waals surface area contributed by atoms with E-state index in [2.05, 4.69) is 25.7 Å². The van der Waals surface area contributed by atoms with Gasteiger partial charge in [0.1, 0.15) is 0 Å². The molecule has 0 saturated heterocycles. The van der Waals surface area contributed by atoms with Gasteiger partial charge in [-0.1, -0.05) is 72.1 Å². The van der Waals surface area contributed by atoms with Crippen LogP contribution in [0.2, 0.25) is 0 Å². The summed E-state index contributed by atoms with van der Waals surface area (Å²) in [5, 5.41) is 18.3. The van der Waals surface area contributed by atoms with Gasteiger partial charge in [-0.15, -0.1) is 0 Å². The second kappa shape index (κ2) is 14.0. The molecule has 1 atom stereocenters. The maximum atomic E-state index is 9.13. The predicted molar refractivity (Wildman–Crippen MR) is 108 cm³/mol. The zero-order valence-electron chi connectivity index (χ0n) is 17.3. The number of hydrogen-bond donors (Lipinski definition) is 2. The molecular formula is C22H45NO2. The second-order valence-corrected chi connectivity index (χ2v) is 9.00. The van der Waals surface area contributed by atoms with Gasteiger partial charge in [-0.25, -0.2) is 0 Å². The van der Waals surface area contributed by atoms with Crippen molar-refractivity contribution in [1.29, 1.82) is 0 Å². The maximum Gasteiger partial charge on any atom is 0.0558 e. The van der Waals surface area contributed by atoms with Gasteiger partial charge in [-0.3, -0.25) is 4.90 Å². The second-order valence-electron chi connectivity index (χ2n) is 9.00. The minimum absolute atomic E-state index is 0.199. The lowest BCUT2D eigenvalue weighted by molar-refractivity contribution is 0.125. The molecule has 1 aliphatic rings. The van der Waals surface area contributed by atoms with Gasteiger partial charge in [-0.2, -0.15) is 0 Å². The largest absolute Gasteiger partial charge is 0.395 e. The highest BCUT2D eigenvalue weighted by atomic mass is 16.3. The Labute approximate surface area is 157 Å². The van der Waals surface area contributed by atoms with Crippen molar-refractivity contribution in [3.8, 4) is 0 Å². The number of hydrogen-bond acceptors (Lipinski definition) is 3. The number of aliphatic hydroxyl groups is 2. The van der Waals surface area contributed by atoms with Gasteiger partial charge >= 0.3 is 0 Å². The van der Waals surface area contributed by atoms with Crippen molar-refractivity contribution < 1.29 is 10.2 Å². The first kappa shape index (κ1) is 22.9. The molecule has 1 aliphatic carbocycles. The minimum Gasteiger partial charge on any atom is -0.395 e. The summed E-state index contributed by atoms with van der Waals surface area (Å²) in [4.78, 5) is 2.23. The highest BCUT2D eigenvalue weighted by Gasteiger charge is 2.22. The third-order valence-corrected chi connectivity index (χ3v) is 6.10. The van der Waals surface area contributed by atoms with E-state index in [0.29, 0.717) is 13.1 Å². The zero-order chi connectivity index (χ0) is 18.5. The first-order chi connectivity index (χ1) is 12.0. The van der Waals surface area contributed by atoms with Gasteiger partial charge in [-0.05, 0) is 36.5 Å². The zero-order valence-corrected chi connectivity index (χ0v) is 17.3. The van der Waals surface area contributed by atoms with Gasteiger partial charge in [0.15, 0.2) is 0 Å². The van der Waals surface area contributed by atoms with E-state index in [9.17, 15) is 0 Å². The Morgan fingerprint density at radius 2 is 1.36 bits per heavy atom. The summed E-state index contributed by atoms with van der Waals surface area (Å²) in [6, 6.07) is 0. The van der Waals surface area contributed by atoms with Gasteiger partial charge in [0, 0.05) is 19.6 Å². The summed E-state index contributed by atoms with van der Waals surface area (Å²) in [5.74, 6) is 3.47. The van der Waals surface area contributed by atoms with Crippen LogP contribution in [0, 0.1) is 23.7 Å². The molecule has 1 rings (SSSR count). The highest BCUT2D eigenvalue weighted by Crippen LogP contribution is 2.33. The fraction of sp³-hybridized carbons (Fsp3) is 1.00. The highest BCUT2D eigenvalue weighted by molar-refractivity contribution is 4.75. The Morgan fingerprint density at radius 1 is 0.800 bits per heavy atom. The van der Waals surface area contributed by atoms with Crippen LogP contribution < -0.4 is 0 Å². The molecular weight excluding hydrogens is 310 g/mol. The van der Waals surface area contributed by atoms with Gasteiger partial charge in [0.2, 0.25) is 0 Å². The topological polar surface area (TPSA) is 43.7 Å². The van der Waals surface area contributed by atoms with Crippen molar-refractivity contribution in [3.63, 3.8) is 0 Å². The van der Waals surface area contributed by atoms with Crippen molar-refractivity contribution in [2.45, 2.75) is 85.0 Å². The molecule has 1 fully saturated rings. The fourth-order valence-corrected chi connectivity index (χ4v) is 4.42. The van der Waals surface area contributed by atoms with Crippen LogP contribution >= 0.6 is 0 Å². The smallest absolute Gasteiger partial charge is 0.0558 e. The molecule has 0 heterocycles. The first-order valence-electron chi connectivity index (χ1n) is 11.0. The average molecular weight is 356 g/mol. The Hall–Kier alpha value is -0.120. The molecule has 3 nitrogen and oxygen atoms in total. The van der Waals surface area contributed by atoms with E-state index >= 15 is 0 Å². The quantitative estimate of drug-likeness (QED) is 0.474.